The Morgan fingerprint density at radius 2 is 1.90 bits per heavy atom. The molecule has 1 aliphatic rings. The fourth-order valence-corrected chi connectivity index (χ4v) is 2.21. The number of amides is 3. The van der Waals surface area contributed by atoms with Crippen LogP contribution >= 0.6 is 0 Å². The van der Waals surface area contributed by atoms with Crippen molar-refractivity contribution in [2.75, 3.05) is 11.4 Å². The summed E-state index contributed by atoms with van der Waals surface area (Å²) in [7, 11) is 0. The number of benzene rings is 1. The summed E-state index contributed by atoms with van der Waals surface area (Å²) < 4.78 is 0. The molecule has 1 aromatic carbocycles. The highest BCUT2D eigenvalue weighted by Crippen LogP contribution is 2.20. The second kappa shape index (κ2) is 5.53. The molecule has 0 radical (unpaired) electrons. The number of hydrogen-bond acceptors (Lipinski definition) is 2. The van der Waals surface area contributed by atoms with Gasteiger partial charge in [-0.3, -0.25) is 4.79 Å². The van der Waals surface area contributed by atoms with Crippen molar-refractivity contribution in [1.82, 2.24) is 10.6 Å². The van der Waals surface area contributed by atoms with Crippen LogP contribution in [0.5, 0.6) is 0 Å². The van der Waals surface area contributed by atoms with Crippen LogP contribution in [-0.2, 0) is 4.79 Å². The van der Waals surface area contributed by atoms with E-state index in [1.807, 2.05) is 51.1 Å². The Morgan fingerprint density at radius 3 is 2.50 bits per heavy atom. The first-order valence-corrected chi connectivity index (χ1v) is 6.82. The summed E-state index contributed by atoms with van der Waals surface area (Å²) in [6.07, 6.45) is 0.630. The lowest BCUT2D eigenvalue weighted by atomic mass is 10.1. The monoisotopic (exact) mass is 275 g/mol. The SMILES string of the molecule is CC(C)(C)NC(=O)NC1CCN(c2ccccc2)C1=O. The van der Waals surface area contributed by atoms with Crippen LogP contribution < -0.4 is 15.5 Å². The third-order valence-corrected chi connectivity index (χ3v) is 3.07. The van der Waals surface area contributed by atoms with E-state index in [0.29, 0.717) is 13.0 Å². The first kappa shape index (κ1) is 14.4. The fraction of sp³-hybridized carbons (Fsp3) is 0.467. The number of para-hydroxylation sites is 1. The summed E-state index contributed by atoms with van der Waals surface area (Å²) in [5.74, 6) is -0.0553. The average Bonchev–Trinajstić information content (AvgIpc) is 2.70. The Hall–Kier alpha value is -2.04. The van der Waals surface area contributed by atoms with Crippen molar-refractivity contribution in [3.05, 3.63) is 30.3 Å². The maximum absolute atomic E-state index is 12.3. The summed E-state index contributed by atoms with van der Waals surface area (Å²) in [5.41, 5.74) is 0.559. The van der Waals surface area contributed by atoms with Crippen molar-refractivity contribution in [2.24, 2.45) is 0 Å². The Kier molecular flexibility index (Phi) is 3.97. The van der Waals surface area contributed by atoms with E-state index >= 15 is 0 Å². The average molecular weight is 275 g/mol. The van der Waals surface area contributed by atoms with Gasteiger partial charge in [-0.05, 0) is 39.3 Å². The van der Waals surface area contributed by atoms with Gasteiger partial charge in [0.2, 0.25) is 5.91 Å². The lowest BCUT2D eigenvalue weighted by Gasteiger charge is -2.22. The molecule has 0 bridgehead atoms. The summed E-state index contributed by atoms with van der Waals surface area (Å²) >= 11 is 0. The van der Waals surface area contributed by atoms with Crippen LogP contribution in [0.4, 0.5) is 10.5 Å². The van der Waals surface area contributed by atoms with Crippen LogP contribution in [0.3, 0.4) is 0 Å². The molecule has 5 heteroatoms. The van der Waals surface area contributed by atoms with E-state index in [4.69, 9.17) is 0 Å². The van der Waals surface area contributed by atoms with Gasteiger partial charge in [-0.1, -0.05) is 18.2 Å². The minimum atomic E-state index is -0.447. The van der Waals surface area contributed by atoms with E-state index in [0.717, 1.165) is 5.69 Å². The van der Waals surface area contributed by atoms with Gasteiger partial charge in [0.1, 0.15) is 6.04 Å². The zero-order valence-electron chi connectivity index (χ0n) is 12.1. The van der Waals surface area contributed by atoms with Crippen LogP contribution in [0.1, 0.15) is 27.2 Å². The molecule has 1 aliphatic heterocycles. The molecule has 1 fully saturated rings. The largest absolute Gasteiger partial charge is 0.334 e. The van der Waals surface area contributed by atoms with Gasteiger partial charge in [-0.2, -0.15) is 0 Å². The number of nitrogens with zero attached hydrogens (tertiary/aromatic N) is 1. The highest BCUT2D eigenvalue weighted by Gasteiger charge is 2.33. The molecule has 1 aromatic rings. The van der Waals surface area contributed by atoms with Gasteiger partial charge in [0.05, 0.1) is 0 Å². The fourth-order valence-electron chi connectivity index (χ4n) is 2.21. The summed E-state index contributed by atoms with van der Waals surface area (Å²) in [6, 6.07) is 8.76. The number of hydrogen-bond donors (Lipinski definition) is 2. The smallest absolute Gasteiger partial charge is 0.315 e. The van der Waals surface area contributed by atoms with Crippen LogP contribution in [0.15, 0.2) is 30.3 Å². The molecule has 5 nitrogen and oxygen atoms in total. The number of carbonyl (C=O) groups is 2. The number of anilines is 1. The summed E-state index contributed by atoms with van der Waals surface area (Å²) in [4.78, 5) is 25.8. The van der Waals surface area contributed by atoms with Gasteiger partial charge in [-0.15, -0.1) is 0 Å². The molecular weight excluding hydrogens is 254 g/mol. The quantitative estimate of drug-likeness (QED) is 0.866. The van der Waals surface area contributed by atoms with E-state index in [1.165, 1.54) is 0 Å². The molecule has 20 heavy (non-hydrogen) atoms. The van der Waals surface area contributed by atoms with Crippen molar-refractivity contribution >= 4 is 17.6 Å². The standard InChI is InChI=1S/C15H21N3O2/c1-15(2,3)17-14(20)16-12-9-10-18(13(12)19)11-7-5-4-6-8-11/h4-8,12H,9-10H2,1-3H3,(H2,16,17,20). The normalized spacial score (nSPS) is 19.1. The minimum absolute atomic E-state index is 0.0553. The number of rotatable bonds is 2. The molecule has 2 N–H and O–H groups in total. The predicted molar refractivity (Wildman–Crippen MR) is 78.6 cm³/mol. The van der Waals surface area contributed by atoms with Crippen LogP contribution in [-0.4, -0.2) is 30.1 Å². The Bertz CT molecular complexity index is 494. The van der Waals surface area contributed by atoms with Crippen LogP contribution in [0.2, 0.25) is 0 Å². The molecule has 3 amide bonds. The molecule has 108 valence electrons. The highest BCUT2D eigenvalue weighted by molar-refractivity contribution is 6.01. The first-order chi connectivity index (χ1) is 9.37. The maximum atomic E-state index is 12.3. The second-order valence-corrected chi connectivity index (χ2v) is 6.02. The Morgan fingerprint density at radius 1 is 1.25 bits per heavy atom. The first-order valence-electron chi connectivity index (χ1n) is 6.82. The summed E-state index contributed by atoms with van der Waals surface area (Å²) in [5, 5.41) is 5.54. The van der Waals surface area contributed by atoms with E-state index in [-0.39, 0.29) is 17.5 Å². The molecule has 1 atom stereocenters. The van der Waals surface area contributed by atoms with Crippen LogP contribution in [0, 0.1) is 0 Å². The lowest BCUT2D eigenvalue weighted by molar-refractivity contribution is -0.118. The Labute approximate surface area is 119 Å². The van der Waals surface area contributed by atoms with Gasteiger partial charge in [-0.25, -0.2) is 4.79 Å². The molecule has 2 rings (SSSR count). The highest BCUT2D eigenvalue weighted by atomic mass is 16.2. The van der Waals surface area contributed by atoms with Gasteiger partial charge in [0.25, 0.3) is 0 Å². The van der Waals surface area contributed by atoms with Crippen molar-refractivity contribution in [3.63, 3.8) is 0 Å². The summed E-state index contributed by atoms with van der Waals surface area (Å²) in [6.45, 7) is 6.33. The second-order valence-electron chi connectivity index (χ2n) is 6.02. The number of nitrogens with one attached hydrogen (secondary N) is 2. The predicted octanol–water partition coefficient (Wildman–Crippen LogP) is 1.89. The van der Waals surface area contributed by atoms with Crippen LogP contribution in [0.25, 0.3) is 0 Å². The molecular formula is C15H21N3O2. The molecule has 0 spiro atoms. The minimum Gasteiger partial charge on any atom is -0.334 e. The third kappa shape index (κ3) is 3.50. The van der Waals surface area contributed by atoms with E-state index in [9.17, 15) is 9.59 Å². The maximum Gasteiger partial charge on any atom is 0.315 e. The van der Waals surface area contributed by atoms with Gasteiger partial charge in [0, 0.05) is 17.8 Å². The van der Waals surface area contributed by atoms with E-state index < -0.39 is 6.04 Å². The van der Waals surface area contributed by atoms with E-state index in [1.54, 1.807) is 4.90 Å². The zero-order chi connectivity index (χ0) is 14.8. The van der Waals surface area contributed by atoms with Crippen molar-refractivity contribution in [2.45, 2.75) is 38.8 Å². The number of carbonyl (C=O) groups excluding carboxylic acids is 2. The molecule has 0 saturated carbocycles. The molecule has 0 aromatic heterocycles. The van der Waals surface area contributed by atoms with Crippen molar-refractivity contribution < 1.29 is 9.59 Å². The van der Waals surface area contributed by atoms with Crippen molar-refractivity contribution in [1.29, 1.82) is 0 Å². The topological polar surface area (TPSA) is 61.4 Å². The van der Waals surface area contributed by atoms with E-state index in [2.05, 4.69) is 10.6 Å². The Balaban J connectivity index is 1.97. The molecule has 1 saturated heterocycles. The zero-order valence-corrected chi connectivity index (χ0v) is 12.1. The van der Waals surface area contributed by atoms with Gasteiger partial charge < -0.3 is 15.5 Å². The van der Waals surface area contributed by atoms with Gasteiger partial charge >= 0.3 is 6.03 Å². The molecule has 0 aliphatic carbocycles. The third-order valence-electron chi connectivity index (χ3n) is 3.07. The van der Waals surface area contributed by atoms with Crippen molar-refractivity contribution in [3.8, 4) is 0 Å². The lowest BCUT2D eigenvalue weighted by Crippen LogP contribution is -2.51. The molecule has 1 unspecified atom stereocenters. The molecule has 1 heterocycles. The number of urea groups is 1. The van der Waals surface area contributed by atoms with Gasteiger partial charge in [0.15, 0.2) is 0 Å².